The molecule has 4 heteroatoms. The summed E-state index contributed by atoms with van der Waals surface area (Å²) in [4.78, 5) is 2.21. The maximum atomic E-state index is 13.3. The van der Waals surface area contributed by atoms with Crippen LogP contribution in [0, 0.1) is 5.82 Å². The summed E-state index contributed by atoms with van der Waals surface area (Å²) in [6.07, 6.45) is 0.993. The molecule has 0 fully saturated rings. The van der Waals surface area contributed by atoms with Gasteiger partial charge in [0.25, 0.3) is 0 Å². The average Bonchev–Trinajstić information content (AvgIpc) is 2.79. The third-order valence-electron chi connectivity index (χ3n) is 3.49. The molecule has 0 radical (unpaired) electrons. The molecule has 0 bridgehead atoms. The number of nitrogen functional groups attached to an aromatic ring is 1. The van der Waals surface area contributed by atoms with Gasteiger partial charge in [0.15, 0.2) is 0 Å². The third-order valence-corrected chi connectivity index (χ3v) is 4.26. The van der Waals surface area contributed by atoms with E-state index in [4.69, 9.17) is 5.73 Å². The van der Waals surface area contributed by atoms with Gasteiger partial charge in [-0.05, 0) is 41.8 Å². The van der Waals surface area contributed by atoms with Crippen molar-refractivity contribution in [2.75, 3.05) is 17.2 Å². The first-order chi connectivity index (χ1) is 9.15. The fourth-order valence-corrected chi connectivity index (χ4v) is 2.97. The van der Waals surface area contributed by atoms with Gasteiger partial charge in [-0.15, -0.1) is 0 Å². The van der Waals surface area contributed by atoms with E-state index in [-0.39, 0.29) is 5.82 Å². The molecule has 1 aliphatic rings. The fraction of sp³-hybridized carbons (Fsp3) is 0.200. The Morgan fingerprint density at radius 1 is 1.26 bits per heavy atom. The highest BCUT2D eigenvalue weighted by molar-refractivity contribution is 9.10. The number of para-hydroxylation sites is 1. The minimum atomic E-state index is -0.210. The van der Waals surface area contributed by atoms with Crippen molar-refractivity contribution in [1.82, 2.24) is 0 Å². The molecule has 2 aromatic rings. The molecule has 2 aromatic carbocycles. The van der Waals surface area contributed by atoms with Crippen LogP contribution in [0.3, 0.4) is 0 Å². The normalized spacial score (nSPS) is 13.7. The first-order valence-corrected chi connectivity index (χ1v) is 7.00. The number of nitrogens with zero attached hydrogens (tertiary/aromatic N) is 1. The Balaban J connectivity index is 1.93. The molecule has 0 atom stereocenters. The quantitative estimate of drug-likeness (QED) is 0.854. The van der Waals surface area contributed by atoms with Crippen molar-refractivity contribution in [3.05, 3.63) is 57.8 Å². The van der Waals surface area contributed by atoms with Crippen LogP contribution >= 0.6 is 15.9 Å². The Bertz CT molecular complexity index is 628. The van der Waals surface area contributed by atoms with Crippen LogP contribution in [0.15, 0.2) is 40.9 Å². The Kier molecular flexibility index (Phi) is 3.19. The van der Waals surface area contributed by atoms with Gasteiger partial charge in [0.1, 0.15) is 5.82 Å². The molecule has 19 heavy (non-hydrogen) atoms. The summed E-state index contributed by atoms with van der Waals surface area (Å²) in [6, 6.07) is 10.8. The van der Waals surface area contributed by atoms with Crippen LogP contribution in [-0.2, 0) is 13.0 Å². The largest absolute Gasteiger partial charge is 0.397 e. The van der Waals surface area contributed by atoms with Crippen LogP contribution in [0.2, 0.25) is 0 Å². The minimum absolute atomic E-state index is 0.210. The Labute approximate surface area is 120 Å². The predicted molar refractivity (Wildman–Crippen MR) is 79.7 cm³/mol. The monoisotopic (exact) mass is 320 g/mol. The molecule has 0 saturated carbocycles. The van der Waals surface area contributed by atoms with Crippen molar-refractivity contribution < 1.29 is 4.39 Å². The summed E-state index contributed by atoms with van der Waals surface area (Å²) < 4.78 is 14.3. The summed E-state index contributed by atoms with van der Waals surface area (Å²) >= 11 is 3.47. The summed E-state index contributed by atoms with van der Waals surface area (Å²) in [7, 11) is 0. The molecule has 98 valence electrons. The second kappa shape index (κ2) is 4.85. The zero-order valence-electron chi connectivity index (χ0n) is 10.4. The summed E-state index contributed by atoms with van der Waals surface area (Å²) in [6.45, 7) is 1.59. The van der Waals surface area contributed by atoms with E-state index in [1.165, 1.54) is 11.6 Å². The SMILES string of the molecule is Nc1cccc2c1N(Cc1cc(F)ccc1Br)CC2. The maximum Gasteiger partial charge on any atom is 0.123 e. The van der Waals surface area contributed by atoms with Crippen molar-refractivity contribution >= 4 is 27.3 Å². The van der Waals surface area contributed by atoms with E-state index in [0.717, 1.165) is 34.4 Å². The smallest absolute Gasteiger partial charge is 0.123 e. The molecule has 2 nitrogen and oxygen atoms in total. The second-order valence-electron chi connectivity index (χ2n) is 4.76. The van der Waals surface area contributed by atoms with Crippen molar-refractivity contribution in [2.45, 2.75) is 13.0 Å². The molecular weight excluding hydrogens is 307 g/mol. The Morgan fingerprint density at radius 3 is 2.95 bits per heavy atom. The number of fused-ring (bicyclic) bond motifs is 1. The van der Waals surface area contributed by atoms with E-state index in [1.54, 1.807) is 12.1 Å². The summed E-state index contributed by atoms with van der Waals surface area (Å²) in [5, 5.41) is 0. The van der Waals surface area contributed by atoms with Crippen molar-refractivity contribution in [3.63, 3.8) is 0 Å². The van der Waals surface area contributed by atoms with Crippen molar-refractivity contribution in [2.24, 2.45) is 0 Å². The van der Waals surface area contributed by atoms with Crippen LogP contribution in [0.1, 0.15) is 11.1 Å². The van der Waals surface area contributed by atoms with Crippen LogP contribution in [-0.4, -0.2) is 6.54 Å². The number of hydrogen-bond acceptors (Lipinski definition) is 2. The van der Waals surface area contributed by atoms with Gasteiger partial charge < -0.3 is 10.6 Å². The maximum absolute atomic E-state index is 13.3. The highest BCUT2D eigenvalue weighted by Gasteiger charge is 2.21. The van der Waals surface area contributed by atoms with Crippen LogP contribution in [0.25, 0.3) is 0 Å². The minimum Gasteiger partial charge on any atom is -0.397 e. The lowest BCUT2D eigenvalue weighted by molar-refractivity contribution is 0.624. The topological polar surface area (TPSA) is 29.3 Å². The third kappa shape index (κ3) is 2.32. The van der Waals surface area contributed by atoms with Crippen LogP contribution in [0.4, 0.5) is 15.8 Å². The van der Waals surface area contributed by atoms with E-state index in [2.05, 4.69) is 26.9 Å². The first kappa shape index (κ1) is 12.5. The number of anilines is 2. The Morgan fingerprint density at radius 2 is 2.11 bits per heavy atom. The molecule has 1 heterocycles. The predicted octanol–water partition coefficient (Wildman–Crippen LogP) is 3.73. The molecule has 0 spiro atoms. The molecule has 1 aliphatic heterocycles. The molecule has 0 aliphatic carbocycles. The zero-order chi connectivity index (χ0) is 13.4. The Hall–Kier alpha value is -1.55. The molecule has 0 aromatic heterocycles. The number of benzene rings is 2. The van der Waals surface area contributed by atoms with Crippen molar-refractivity contribution in [3.8, 4) is 0 Å². The van der Waals surface area contributed by atoms with Crippen LogP contribution in [0.5, 0.6) is 0 Å². The van der Waals surface area contributed by atoms with E-state index < -0.39 is 0 Å². The second-order valence-corrected chi connectivity index (χ2v) is 5.62. The highest BCUT2D eigenvalue weighted by atomic mass is 79.9. The molecule has 0 saturated heterocycles. The molecule has 0 amide bonds. The van der Waals surface area contributed by atoms with E-state index in [0.29, 0.717) is 6.54 Å². The zero-order valence-corrected chi connectivity index (χ0v) is 12.0. The first-order valence-electron chi connectivity index (χ1n) is 6.21. The van der Waals surface area contributed by atoms with E-state index in [9.17, 15) is 4.39 Å². The standard InChI is InChI=1S/C15H14BrFN2/c16-13-5-4-12(17)8-11(13)9-19-7-6-10-2-1-3-14(18)15(10)19/h1-5,8H,6-7,9,18H2. The van der Waals surface area contributed by atoms with Gasteiger partial charge in [-0.2, -0.15) is 0 Å². The molecule has 3 rings (SSSR count). The molecule has 2 N–H and O–H groups in total. The summed E-state index contributed by atoms with van der Waals surface area (Å²) in [5.41, 5.74) is 10.2. The van der Waals surface area contributed by atoms with Gasteiger partial charge in [-0.25, -0.2) is 4.39 Å². The van der Waals surface area contributed by atoms with Gasteiger partial charge in [0, 0.05) is 17.6 Å². The molecule has 0 unspecified atom stereocenters. The van der Waals surface area contributed by atoms with Gasteiger partial charge in [0.2, 0.25) is 0 Å². The van der Waals surface area contributed by atoms with Crippen LogP contribution < -0.4 is 10.6 Å². The number of halogens is 2. The van der Waals surface area contributed by atoms with Gasteiger partial charge >= 0.3 is 0 Å². The number of rotatable bonds is 2. The fourth-order valence-electron chi connectivity index (χ4n) is 2.59. The molecular formula is C15H14BrFN2. The number of nitrogens with two attached hydrogens (primary N) is 1. The lowest BCUT2D eigenvalue weighted by Crippen LogP contribution is -2.21. The van der Waals surface area contributed by atoms with Gasteiger partial charge in [-0.1, -0.05) is 28.1 Å². The average molecular weight is 321 g/mol. The number of hydrogen-bond donors (Lipinski definition) is 1. The van der Waals surface area contributed by atoms with Crippen molar-refractivity contribution in [1.29, 1.82) is 0 Å². The summed E-state index contributed by atoms with van der Waals surface area (Å²) in [5.74, 6) is -0.210. The van der Waals surface area contributed by atoms with E-state index in [1.807, 2.05) is 12.1 Å². The van der Waals surface area contributed by atoms with E-state index >= 15 is 0 Å². The van der Waals surface area contributed by atoms with Gasteiger partial charge in [-0.3, -0.25) is 0 Å². The highest BCUT2D eigenvalue weighted by Crippen LogP contribution is 2.35. The lowest BCUT2D eigenvalue weighted by Gasteiger charge is -2.21. The van der Waals surface area contributed by atoms with Gasteiger partial charge in [0.05, 0.1) is 11.4 Å². The lowest BCUT2D eigenvalue weighted by atomic mass is 10.1.